The number of hydrogen-bond donors (Lipinski definition) is 2. The zero-order valence-corrected chi connectivity index (χ0v) is 14.8. The Balaban J connectivity index is 1.38. The molecule has 1 aliphatic heterocycles. The highest BCUT2D eigenvalue weighted by molar-refractivity contribution is 5.79. The van der Waals surface area contributed by atoms with Crippen molar-refractivity contribution in [3.63, 3.8) is 0 Å². The number of hydrogen-bond acceptors (Lipinski definition) is 3. The van der Waals surface area contributed by atoms with E-state index in [9.17, 15) is 9.59 Å². The van der Waals surface area contributed by atoms with Crippen LogP contribution in [-0.2, 0) is 9.59 Å². The zero-order valence-electron chi connectivity index (χ0n) is 14.8. The molecule has 2 saturated carbocycles. The number of piperidine rings is 1. The number of nitrogens with zero attached hydrogens (tertiary/aromatic N) is 1. The van der Waals surface area contributed by atoms with Gasteiger partial charge in [0.05, 0.1) is 0 Å². The second-order valence-corrected chi connectivity index (χ2v) is 8.16. The third-order valence-electron chi connectivity index (χ3n) is 6.16. The fourth-order valence-corrected chi connectivity index (χ4v) is 4.72. The van der Waals surface area contributed by atoms with Gasteiger partial charge in [0.1, 0.15) is 0 Å². The predicted molar refractivity (Wildman–Crippen MR) is 94.3 cm³/mol. The van der Waals surface area contributed by atoms with Gasteiger partial charge in [0.25, 0.3) is 0 Å². The number of rotatable bonds is 4. The van der Waals surface area contributed by atoms with E-state index in [1.165, 1.54) is 25.7 Å². The van der Waals surface area contributed by atoms with Crippen LogP contribution in [0.1, 0.15) is 70.6 Å². The molecular formula is C19H33N3O2. The first kappa shape index (κ1) is 17.7. The topological polar surface area (TPSA) is 75.4 Å². The maximum absolute atomic E-state index is 12.6. The second kappa shape index (κ2) is 8.32. The van der Waals surface area contributed by atoms with E-state index in [0.29, 0.717) is 18.2 Å². The molecule has 0 aromatic rings. The van der Waals surface area contributed by atoms with Gasteiger partial charge >= 0.3 is 0 Å². The fourth-order valence-electron chi connectivity index (χ4n) is 4.72. The molecule has 0 aromatic heterocycles. The normalized spacial score (nSPS) is 31.9. The number of carbonyl (C=O) groups is 2. The lowest BCUT2D eigenvalue weighted by molar-refractivity contribution is -0.137. The summed E-state index contributed by atoms with van der Waals surface area (Å²) in [6.07, 6.45) is 11.4. The molecule has 5 nitrogen and oxygen atoms in total. The summed E-state index contributed by atoms with van der Waals surface area (Å²) in [5, 5.41) is 3.21. The van der Waals surface area contributed by atoms with Crippen molar-refractivity contribution >= 4 is 11.8 Å². The average molecular weight is 335 g/mol. The minimum absolute atomic E-state index is 0.137. The first-order chi connectivity index (χ1) is 11.6. The zero-order chi connectivity index (χ0) is 16.9. The van der Waals surface area contributed by atoms with Crippen molar-refractivity contribution in [2.75, 3.05) is 13.1 Å². The first-order valence-corrected chi connectivity index (χ1v) is 9.95. The van der Waals surface area contributed by atoms with Crippen LogP contribution in [-0.4, -0.2) is 41.9 Å². The van der Waals surface area contributed by atoms with E-state index in [4.69, 9.17) is 5.73 Å². The first-order valence-electron chi connectivity index (χ1n) is 9.95. The molecule has 1 heterocycles. The lowest BCUT2D eigenvalue weighted by atomic mass is 9.84. The Kier molecular flexibility index (Phi) is 6.14. The Bertz CT molecular complexity index is 440. The van der Waals surface area contributed by atoms with E-state index >= 15 is 0 Å². The number of amides is 2. The standard InChI is InChI=1S/C19H33N3O2/c20-16-6-3-11-22(13-16)19(24)15-7-9-17(10-8-15)21-18(23)12-14-4-1-2-5-14/h14-17H,1-13,20H2,(H,21,23). The highest BCUT2D eigenvalue weighted by Crippen LogP contribution is 2.29. The third-order valence-corrected chi connectivity index (χ3v) is 6.16. The molecule has 3 N–H and O–H groups in total. The van der Waals surface area contributed by atoms with Gasteiger partial charge in [0.2, 0.25) is 11.8 Å². The molecule has 1 unspecified atom stereocenters. The van der Waals surface area contributed by atoms with Crippen molar-refractivity contribution in [3.05, 3.63) is 0 Å². The van der Waals surface area contributed by atoms with Crippen LogP contribution in [0.2, 0.25) is 0 Å². The summed E-state index contributed by atoms with van der Waals surface area (Å²) < 4.78 is 0. The maximum Gasteiger partial charge on any atom is 0.225 e. The minimum Gasteiger partial charge on any atom is -0.353 e. The van der Waals surface area contributed by atoms with E-state index in [1.54, 1.807) is 0 Å². The molecule has 24 heavy (non-hydrogen) atoms. The largest absolute Gasteiger partial charge is 0.353 e. The Morgan fingerprint density at radius 3 is 2.33 bits per heavy atom. The number of carbonyl (C=O) groups excluding carboxylic acids is 2. The molecule has 1 atom stereocenters. The quantitative estimate of drug-likeness (QED) is 0.827. The summed E-state index contributed by atoms with van der Waals surface area (Å²) in [4.78, 5) is 26.8. The molecule has 1 saturated heterocycles. The molecule has 0 spiro atoms. The molecular weight excluding hydrogens is 302 g/mol. The van der Waals surface area contributed by atoms with Gasteiger partial charge in [-0.25, -0.2) is 0 Å². The van der Waals surface area contributed by atoms with Crippen LogP contribution in [0.25, 0.3) is 0 Å². The second-order valence-electron chi connectivity index (χ2n) is 8.16. The van der Waals surface area contributed by atoms with Gasteiger partial charge in [-0.1, -0.05) is 12.8 Å². The van der Waals surface area contributed by atoms with Gasteiger partial charge in [-0.15, -0.1) is 0 Å². The molecule has 0 radical (unpaired) electrons. The van der Waals surface area contributed by atoms with Crippen molar-refractivity contribution in [1.29, 1.82) is 0 Å². The van der Waals surface area contributed by atoms with Crippen LogP contribution in [0.15, 0.2) is 0 Å². The van der Waals surface area contributed by atoms with Crippen molar-refractivity contribution in [1.82, 2.24) is 10.2 Å². The van der Waals surface area contributed by atoms with Gasteiger partial charge in [-0.2, -0.15) is 0 Å². The van der Waals surface area contributed by atoms with Crippen molar-refractivity contribution < 1.29 is 9.59 Å². The van der Waals surface area contributed by atoms with E-state index in [-0.39, 0.29) is 23.9 Å². The van der Waals surface area contributed by atoms with Crippen molar-refractivity contribution in [3.8, 4) is 0 Å². The molecule has 3 rings (SSSR count). The molecule has 0 bridgehead atoms. The van der Waals surface area contributed by atoms with Gasteiger partial charge < -0.3 is 16.0 Å². The van der Waals surface area contributed by atoms with E-state index in [0.717, 1.165) is 51.6 Å². The summed E-state index contributed by atoms with van der Waals surface area (Å²) in [5.41, 5.74) is 5.99. The van der Waals surface area contributed by atoms with Gasteiger partial charge in [0, 0.05) is 37.5 Å². The Morgan fingerprint density at radius 2 is 1.67 bits per heavy atom. The summed E-state index contributed by atoms with van der Waals surface area (Å²) >= 11 is 0. The molecule has 2 amide bonds. The molecule has 3 fully saturated rings. The number of nitrogens with two attached hydrogens (primary N) is 1. The van der Waals surface area contributed by atoms with Crippen LogP contribution in [0, 0.1) is 11.8 Å². The monoisotopic (exact) mass is 335 g/mol. The number of likely N-dealkylation sites (tertiary alicyclic amines) is 1. The van der Waals surface area contributed by atoms with Crippen molar-refractivity contribution in [2.45, 2.75) is 82.7 Å². The highest BCUT2D eigenvalue weighted by atomic mass is 16.2. The lowest BCUT2D eigenvalue weighted by Crippen LogP contribution is -2.49. The summed E-state index contributed by atoms with van der Waals surface area (Å²) in [6, 6.07) is 0.417. The summed E-state index contributed by atoms with van der Waals surface area (Å²) in [5.74, 6) is 1.25. The molecule has 0 aromatic carbocycles. The smallest absolute Gasteiger partial charge is 0.225 e. The van der Waals surface area contributed by atoms with Gasteiger partial charge in [-0.05, 0) is 57.3 Å². The average Bonchev–Trinajstić information content (AvgIpc) is 3.07. The van der Waals surface area contributed by atoms with E-state index < -0.39 is 0 Å². The Morgan fingerprint density at radius 1 is 0.958 bits per heavy atom. The van der Waals surface area contributed by atoms with Crippen molar-refractivity contribution in [2.24, 2.45) is 17.6 Å². The van der Waals surface area contributed by atoms with Crippen LogP contribution in [0.3, 0.4) is 0 Å². The molecule has 2 aliphatic carbocycles. The Labute approximate surface area is 145 Å². The summed E-state index contributed by atoms with van der Waals surface area (Å²) in [6.45, 7) is 1.58. The van der Waals surface area contributed by atoms with Crippen LogP contribution in [0.4, 0.5) is 0 Å². The highest BCUT2D eigenvalue weighted by Gasteiger charge is 2.32. The SMILES string of the molecule is NC1CCCN(C(=O)C2CCC(NC(=O)CC3CCCC3)CC2)C1. The molecule has 5 heteroatoms. The van der Waals surface area contributed by atoms with Crippen LogP contribution < -0.4 is 11.1 Å². The van der Waals surface area contributed by atoms with E-state index in [1.807, 2.05) is 4.90 Å². The molecule has 136 valence electrons. The molecule has 3 aliphatic rings. The van der Waals surface area contributed by atoms with Crippen LogP contribution in [0.5, 0.6) is 0 Å². The van der Waals surface area contributed by atoms with Gasteiger partial charge in [-0.3, -0.25) is 9.59 Å². The van der Waals surface area contributed by atoms with Crippen LogP contribution >= 0.6 is 0 Å². The maximum atomic E-state index is 12.6. The van der Waals surface area contributed by atoms with Gasteiger partial charge in [0.15, 0.2) is 0 Å². The fraction of sp³-hybridized carbons (Fsp3) is 0.895. The van der Waals surface area contributed by atoms with E-state index in [2.05, 4.69) is 5.32 Å². The minimum atomic E-state index is 0.137. The lowest BCUT2D eigenvalue weighted by Gasteiger charge is -2.36. The number of nitrogens with one attached hydrogen (secondary N) is 1. The predicted octanol–water partition coefficient (Wildman–Crippen LogP) is 2.19. The summed E-state index contributed by atoms with van der Waals surface area (Å²) in [7, 11) is 0. The Hall–Kier alpha value is -1.10. The third kappa shape index (κ3) is 4.71.